The Balaban J connectivity index is 1.60. The van der Waals surface area contributed by atoms with E-state index in [1.54, 1.807) is 11.1 Å². The standard InChI is InChI=1S/C22H30O2S/c1-14-13-21(2)19(8-10-22(21)9-3-11-25(22)24)18-6-4-15-12-16(23)5-7-17(15)20(14)18/h12,14,18-19H,3-11,13H2,1-2H3/t14-,18?,19?,21?,22-,25?/m0/s1. The molecule has 0 aromatic rings. The Kier molecular flexibility index (Phi) is 3.56. The summed E-state index contributed by atoms with van der Waals surface area (Å²) < 4.78 is 13.2. The van der Waals surface area contributed by atoms with Crippen LogP contribution in [0.15, 0.2) is 22.8 Å². The number of ketones is 1. The highest BCUT2D eigenvalue weighted by atomic mass is 32.2. The molecule has 0 amide bonds. The van der Waals surface area contributed by atoms with E-state index in [0.29, 0.717) is 30.0 Å². The fourth-order valence-corrected chi connectivity index (χ4v) is 10.00. The van der Waals surface area contributed by atoms with Crippen molar-refractivity contribution in [2.45, 2.75) is 76.4 Å². The van der Waals surface area contributed by atoms with Gasteiger partial charge in [-0.05, 0) is 91.8 Å². The molecule has 1 heterocycles. The van der Waals surface area contributed by atoms with Gasteiger partial charge in [-0.1, -0.05) is 19.4 Å². The van der Waals surface area contributed by atoms with E-state index in [-0.39, 0.29) is 10.2 Å². The van der Waals surface area contributed by atoms with E-state index in [1.165, 1.54) is 37.7 Å². The van der Waals surface area contributed by atoms with Crippen LogP contribution in [0.25, 0.3) is 0 Å². The molecule has 4 aliphatic carbocycles. The quantitative estimate of drug-likeness (QED) is 0.628. The molecule has 4 unspecified atom stereocenters. The zero-order chi connectivity index (χ0) is 17.4. The molecule has 6 atom stereocenters. The van der Waals surface area contributed by atoms with Gasteiger partial charge in [-0.25, -0.2) is 0 Å². The van der Waals surface area contributed by atoms with Crippen molar-refractivity contribution < 1.29 is 9.00 Å². The highest BCUT2D eigenvalue weighted by Crippen LogP contribution is 2.68. The number of fused-ring (bicyclic) bond motifs is 5. The van der Waals surface area contributed by atoms with Crippen molar-refractivity contribution in [3.63, 3.8) is 0 Å². The second-order valence-corrected chi connectivity index (χ2v) is 11.4. The lowest BCUT2D eigenvalue weighted by Gasteiger charge is -2.54. The maximum Gasteiger partial charge on any atom is 0.156 e. The Morgan fingerprint density at radius 3 is 2.76 bits per heavy atom. The molecule has 1 saturated heterocycles. The molecule has 0 N–H and O–H groups in total. The number of hydrogen-bond donors (Lipinski definition) is 0. The third-order valence-electron chi connectivity index (χ3n) is 8.63. The second kappa shape index (κ2) is 5.41. The Morgan fingerprint density at radius 2 is 2.00 bits per heavy atom. The predicted octanol–water partition coefficient (Wildman–Crippen LogP) is 4.72. The highest BCUT2D eigenvalue weighted by molar-refractivity contribution is 7.86. The summed E-state index contributed by atoms with van der Waals surface area (Å²) in [6.45, 7) is 4.92. The molecule has 5 aliphatic rings. The van der Waals surface area contributed by atoms with Crippen LogP contribution in [0.2, 0.25) is 0 Å². The molecule has 0 radical (unpaired) electrons. The lowest BCUT2D eigenvalue weighted by Crippen LogP contribution is -2.52. The molecule has 3 heteroatoms. The van der Waals surface area contributed by atoms with Gasteiger partial charge in [0, 0.05) is 23.0 Å². The average Bonchev–Trinajstić information content (AvgIpc) is 3.09. The van der Waals surface area contributed by atoms with Gasteiger partial charge in [0.05, 0.1) is 4.75 Å². The second-order valence-electron chi connectivity index (χ2n) is 9.53. The van der Waals surface area contributed by atoms with Crippen molar-refractivity contribution in [2.24, 2.45) is 23.2 Å². The van der Waals surface area contributed by atoms with Crippen LogP contribution in [-0.2, 0) is 15.6 Å². The average molecular weight is 359 g/mol. The summed E-state index contributed by atoms with van der Waals surface area (Å²) in [4.78, 5) is 11.9. The molecule has 5 rings (SSSR count). The molecule has 136 valence electrons. The molecule has 1 aliphatic heterocycles. The topological polar surface area (TPSA) is 34.1 Å². The summed E-state index contributed by atoms with van der Waals surface area (Å²) in [5.74, 6) is 3.25. The number of allylic oxidation sites excluding steroid dienone is 4. The SMILES string of the molecule is C[C@H]1CC2(C)C(CC[C@@]23CCCS3=O)C2CCC3=CC(=O)CCC3=C21. The Labute approximate surface area is 154 Å². The van der Waals surface area contributed by atoms with Crippen LogP contribution < -0.4 is 0 Å². The maximum absolute atomic E-state index is 13.0. The van der Waals surface area contributed by atoms with Gasteiger partial charge in [0.25, 0.3) is 0 Å². The van der Waals surface area contributed by atoms with Gasteiger partial charge in [-0.15, -0.1) is 0 Å². The minimum absolute atomic E-state index is 0.112. The van der Waals surface area contributed by atoms with Gasteiger partial charge in [0.2, 0.25) is 0 Å². The van der Waals surface area contributed by atoms with Crippen LogP contribution in [0.1, 0.15) is 71.6 Å². The van der Waals surface area contributed by atoms with Crippen molar-refractivity contribution in [3.8, 4) is 0 Å². The van der Waals surface area contributed by atoms with Gasteiger partial charge < -0.3 is 0 Å². The van der Waals surface area contributed by atoms with Crippen LogP contribution in [0.5, 0.6) is 0 Å². The van der Waals surface area contributed by atoms with Crippen molar-refractivity contribution in [3.05, 3.63) is 22.8 Å². The van der Waals surface area contributed by atoms with E-state index in [2.05, 4.69) is 13.8 Å². The smallest absolute Gasteiger partial charge is 0.156 e. The zero-order valence-corrected chi connectivity index (χ0v) is 16.4. The highest BCUT2D eigenvalue weighted by Gasteiger charge is 2.65. The molecule has 0 aromatic carbocycles. The lowest BCUT2D eigenvalue weighted by molar-refractivity contribution is -0.114. The van der Waals surface area contributed by atoms with Crippen LogP contribution >= 0.6 is 0 Å². The first-order valence-corrected chi connectivity index (χ1v) is 11.6. The molecule has 0 aromatic heterocycles. The Morgan fingerprint density at radius 1 is 1.16 bits per heavy atom. The molecule has 1 spiro atoms. The predicted molar refractivity (Wildman–Crippen MR) is 102 cm³/mol. The van der Waals surface area contributed by atoms with Crippen LogP contribution in [0.3, 0.4) is 0 Å². The Bertz CT molecular complexity index is 732. The van der Waals surface area contributed by atoms with Crippen molar-refractivity contribution >= 4 is 16.6 Å². The molecule has 3 fully saturated rings. The van der Waals surface area contributed by atoms with Gasteiger partial charge in [-0.3, -0.25) is 9.00 Å². The maximum atomic E-state index is 13.0. The van der Waals surface area contributed by atoms with Crippen molar-refractivity contribution in [1.82, 2.24) is 0 Å². The van der Waals surface area contributed by atoms with Crippen molar-refractivity contribution in [2.75, 3.05) is 5.75 Å². The normalized spacial score (nSPS) is 49.0. The third-order valence-corrected chi connectivity index (χ3v) is 11.0. The summed E-state index contributed by atoms with van der Waals surface area (Å²) in [5.41, 5.74) is 4.87. The van der Waals surface area contributed by atoms with Gasteiger partial charge >= 0.3 is 0 Å². The minimum Gasteiger partial charge on any atom is -0.295 e. The first kappa shape index (κ1) is 16.5. The Hall–Kier alpha value is -0.700. The first-order chi connectivity index (χ1) is 12.0. The van der Waals surface area contributed by atoms with E-state index in [9.17, 15) is 9.00 Å². The molecular formula is C22H30O2S. The van der Waals surface area contributed by atoms with Crippen LogP contribution in [0, 0.1) is 23.2 Å². The number of carbonyl (C=O) groups excluding carboxylic acids is 1. The zero-order valence-electron chi connectivity index (χ0n) is 15.6. The monoisotopic (exact) mass is 358 g/mol. The molecular weight excluding hydrogens is 328 g/mol. The molecule has 2 nitrogen and oxygen atoms in total. The van der Waals surface area contributed by atoms with Crippen molar-refractivity contribution in [1.29, 1.82) is 0 Å². The third kappa shape index (κ3) is 2.02. The van der Waals surface area contributed by atoms with E-state index in [4.69, 9.17) is 0 Å². The lowest BCUT2D eigenvalue weighted by atomic mass is 9.52. The van der Waals surface area contributed by atoms with E-state index >= 15 is 0 Å². The summed E-state index contributed by atoms with van der Waals surface area (Å²) >= 11 is 0. The summed E-state index contributed by atoms with van der Waals surface area (Å²) in [5, 5.41) is 0. The summed E-state index contributed by atoms with van der Waals surface area (Å²) in [7, 11) is -0.626. The number of hydrogen-bond acceptors (Lipinski definition) is 2. The fraction of sp³-hybridized carbons (Fsp3) is 0.773. The molecule has 0 bridgehead atoms. The van der Waals surface area contributed by atoms with Gasteiger partial charge in [0.15, 0.2) is 5.78 Å². The first-order valence-electron chi connectivity index (χ1n) is 10.3. The van der Waals surface area contributed by atoms with Gasteiger partial charge in [-0.2, -0.15) is 0 Å². The van der Waals surface area contributed by atoms with E-state index < -0.39 is 10.8 Å². The largest absolute Gasteiger partial charge is 0.295 e. The van der Waals surface area contributed by atoms with E-state index in [1.807, 2.05) is 6.08 Å². The summed E-state index contributed by atoms with van der Waals surface area (Å²) in [6, 6.07) is 0. The van der Waals surface area contributed by atoms with Gasteiger partial charge in [0.1, 0.15) is 0 Å². The number of rotatable bonds is 0. The molecule has 2 saturated carbocycles. The number of carbonyl (C=O) groups is 1. The van der Waals surface area contributed by atoms with Crippen LogP contribution in [0.4, 0.5) is 0 Å². The molecule has 25 heavy (non-hydrogen) atoms. The van der Waals surface area contributed by atoms with Crippen LogP contribution in [-0.4, -0.2) is 20.5 Å². The minimum atomic E-state index is -0.626. The summed E-state index contributed by atoms with van der Waals surface area (Å²) in [6.07, 6.45) is 12.0. The van der Waals surface area contributed by atoms with E-state index in [0.717, 1.165) is 25.0 Å². The fourth-order valence-electron chi connectivity index (χ4n) is 7.73.